The van der Waals surface area contributed by atoms with Crippen LogP contribution in [0.3, 0.4) is 0 Å². The third-order valence-corrected chi connectivity index (χ3v) is 7.09. The Hall–Kier alpha value is -0.520. The molecule has 0 aliphatic heterocycles. The molecule has 26 heavy (non-hydrogen) atoms. The minimum Gasteiger partial charge on any atom is -0.0850 e. The van der Waals surface area contributed by atoms with Gasteiger partial charge in [-0.15, -0.1) is 0 Å². The molecule has 0 heterocycles. The van der Waals surface area contributed by atoms with Crippen molar-refractivity contribution in [2.75, 3.05) is 0 Å². The molecule has 4 unspecified atom stereocenters. The van der Waals surface area contributed by atoms with E-state index in [-0.39, 0.29) is 7.43 Å². The van der Waals surface area contributed by atoms with Gasteiger partial charge in [-0.05, 0) is 55.3 Å². The van der Waals surface area contributed by atoms with E-state index in [0.717, 1.165) is 11.8 Å². The van der Waals surface area contributed by atoms with Crippen LogP contribution >= 0.6 is 0 Å². The molecule has 0 spiro atoms. The number of fused-ring (bicyclic) bond motifs is 1. The fourth-order valence-corrected chi connectivity index (χ4v) is 5.32. The highest BCUT2D eigenvalue weighted by Gasteiger charge is 2.64. The maximum absolute atomic E-state index is 2.57. The van der Waals surface area contributed by atoms with Gasteiger partial charge in [0, 0.05) is 5.92 Å². The Balaban J connectivity index is 0.00000117. The van der Waals surface area contributed by atoms with Crippen LogP contribution in [0.25, 0.3) is 0 Å². The summed E-state index contributed by atoms with van der Waals surface area (Å²) in [7, 11) is 0. The van der Waals surface area contributed by atoms with E-state index in [4.69, 9.17) is 0 Å². The van der Waals surface area contributed by atoms with Crippen molar-refractivity contribution in [3.63, 3.8) is 0 Å². The Morgan fingerprint density at radius 2 is 1.65 bits per heavy atom. The Morgan fingerprint density at radius 3 is 2.15 bits per heavy atom. The molecule has 2 saturated carbocycles. The molecule has 0 heteroatoms. The average Bonchev–Trinajstić information content (AvgIpc) is 3.28. The molecular formula is C26H50. The highest BCUT2D eigenvalue weighted by atomic mass is 14.7. The molecular weight excluding hydrogens is 312 g/mol. The molecule has 0 radical (unpaired) electrons. The molecule has 0 aromatic carbocycles. The normalized spacial score (nSPS) is 34.0. The molecule has 4 aliphatic carbocycles. The van der Waals surface area contributed by atoms with E-state index in [0.29, 0.717) is 10.8 Å². The molecule has 4 rings (SSSR count). The highest BCUT2D eigenvalue weighted by Crippen LogP contribution is 2.74. The van der Waals surface area contributed by atoms with Gasteiger partial charge in [-0.1, -0.05) is 105 Å². The second kappa shape index (κ2) is 10.7. The Morgan fingerprint density at radius 1 is 1.04 bits per heavy atom. The van der Waals surface area contributed by atoms with Gasteiger partial charge in [-0.2, -0.15) is 0 Å². The second-order valence-electron chi connectivity index (χ2n) is 8.49. The fraction of sp³-hybridized carbons (Fsp3) is 0.846. The summed E-state index contributed by atoms with van der Waals surface area (Å²) in [6.45, 7) is 20.2. The molecule has 0 amide bonds. The number of hydrogen-bond acceptors (Lipinski definition) is 0. The summed E-state index contributed by atoms with van der Waals surface area (Å²) in [4.78, 5) is 0. The van der Waals surface area contributed by atoms with Crippen LogP contribution in [0.15, 0.2) is 22.8 Å². The average molecular weight is 363 g/mol. The van der Waals surface area contributed by atoms with Crippen LogP contribution in [-0.4, -0.2) is 0 Å². The van der Waals surface area contributed by atoms with Gasteiger partial charge in [0.05, 0.1) is 0 Å². The van der Waals surface area contributed by atoms with Crippen molar-refractivity contribution in [3.8, 4) is 0 Å². The third-order valence-electron chi connectivity index (χ3n) is 7.09. The Labute approximate surface area is 166 Å². The van der Waals surface area contributed by atoms with Gasteiger partial charge in [0.2, 0.25) is 0 Å². The standard InChI is InChI=1S/C21H34.2C2H6.CH4/c1-6-8-9-11-16(10-7-2)18-19-17-14-20(4,15(17)3)12-13-21(18,19)5;2*1-2;/h10,15,18H,6-9,11-14H2,1-5H3;2*1-2H3;1H4/b16-10+;;;. The van der Waals surface area contributed by atoms with Crippen LogP contribution in [0.1, 0.15) is 121 Å². The van der Waals surface area contributed by atoms with E-state index >= 15 is 0 Å². The highest BCUT2D eigenvalue weighted by molar-refractivity contribution is 5.53. The lowest BCUT2D eigenvalue weighted by atomic mass is 9.57. The number of hydrogen-bond donors (Lipinski definition) is 0. The number of rotatable bonds is 6. The molecule has 4 atom stereocenters. The van der Waals surface area contributed by atoms with Crippen molar-refractivity contribution < 1.29 is 0 Å². The third kappa shape index (κ3) is 4.48. The molecule has 0 saturated heterocycles. The van der Waals surface area contributed by atoms with E-state index < -0.39 is 0 Å². The lowest BCUT2D eigenvalue weighted by molar-refractivity contribution is 0.124. The SMILES string of the molecule is C.CC.CC.CC/C=C(\CCCCC)C1C2=C3CC(C)(CCC21C)C3C. The van der Waals surface area contributed by atoms with Gasteiger partial charge in [0.1, 0.15) is 0 Å². The molecule has 154 valence electrons. The zero-order valence-electron chi connectivity index (χ0n) is 18.9. The summed E-state index contributed by atoms with van der Waals surface area (Å²) >= 11 is 0. The van der Waals surface area contributed by atoms with Crippen molar-refractivity contribution in [1.82, 2.24) is 0 Å². The van der Waals surface area contributed by atoms with Crippen molar-refractivity contribution in [2.24, 2.45) is 22.7 Å². The van der Waals surface area contributed by atoms with E-state index in [1.54, 1.807) is 5.57 Å². The lowest BCUT2D eigenvalue weighted by Crippen LogP contribution is -2.37. The van der Waals surface area contributed by atoms with Gasteiger partial charge < -0.3 is 0 Å². The first kappa shape index (κ1) is 25.5. The maximum Gasteiger partial charge on any atom is 0.0107 e. The predicted molar refractivity (Wildman–Crippen MR) is 122 cm³/mol. The van der Waals surface area contributed by atoms with Gasteiger partial charge in [0.25, 0.3) is 0 Å². The zero-order valence-corrected chi connectivity index (χ0v) is 18.9. The van der Waals surface area contributed by atoms with Gasteiger partial charge in [-0.25, -0.2) is 0 Å². The summed E-state index contributed by atoms with van der Waals surface area (Å²) in [6.07, 6.45) is 13.5. The molecule has 0 aromatic heterocycles. The quantitative estimate of drug-likeness (QED) is 0.326. The first-order valence-corrected chi connectivity index (χ1v) is 11.4. The van der Waals surface area contributed by atoms with Crippen LogP contribution in [0.2, 0.25) is 0 Å². The van der Waals surface area contributed by atoms with Crippen LogP contribution in [-0.2, 0) is 0 Å². The molecule has 4 aliphatic rings. The van der Waals surface area contributed by atoms with Gasteiger partial charge in [0.15, 0.2) is 0 Å². The topological polar surface area (TPSA) is 0 Å². The predicted octanol–water partition coefficient (Wildman–Crippen LogP) is 9.36. The molecule has 0 aromatic rings. The monoisotopic (exact) mass is 362 g/mol. The van der Waals surface area contributed by atoms with Crippen LogP contribution in [0, 0.1) is 22.7 Å². The zero-order chi connectivity index (χ0) is 19.3. The van der Waals surface area contributed by atoms with Crippen LogP contribution in [0.5, 0.6) is 0 Å². The largest absolute Gasteiger partial charge is 0.0850 e. The molecule has 0 N–H and O–H groups in total. The smallest absolute Gasteiger partial charge is 0.0107 e. The van der Waals surface area contributed by atoms with Gasteiger partial charge >= 0.3 is 0 Å². The Kier molecular flexibility index (Phi) is 10.5. The van der Waals surface area contributed by atoms with Crippen LogP contribution < -0.4 is 0 Å². The fourth-order valence-electron chi connectivity index (χ4n) is 5.32. The van der Waals surface area contributed by atoms with Crippen molar-refractivity contribution in [2.45, 2.75) is 121 Å². The second-order valence-corrected chi connectivity index (χ2v) is 8.49. The summed E-state index contributed by atoms with van der Waals surface area (Å²) in [5.41, 5.74) is 6.73. The van der Waals surface area contributed by atoms with Gasteiger partial charge in [-0.3, -0.25) is 0 Å². The first-order chi connectivity index (χ1) is 12.0. The minimum atomic E-state index is 0. The van der Waals surface area contributed by atoms with E-state index in [2.05, 4.69) is 40.7 Å². The maximum atomic E-state index is 2.57. The Bertz CT molecular complexity index is 480. The summed E-state index contributed by atoms with van der Waals surface area (Å²) in [5, 5.41) is 0. The van der Waals surface area contributed by atoms with Crippen molar-refractivity contribution in [3.05, 3.63) is 22.8 Å². The number of unbranched alkanes of at least 4 members (excludes halogenated alkanes) is 2. The summed E-state index contributed by atoms with van der Waals surface area (Å²) in [5.74, 6) is 1.69. The first-order valence-electron chi connectivity index (χ1n) is 11.4. The minimum absolute atomic E-state index is 0. The summed E-state index contributed by atoms with van der Waals surface area (Å²) < 4.78 is 0. The van der Waals surface area contributed by atoms with E-state index in [1.807, 2.05) is 38.8 Å². The van der Waals surface area contributed by atoms with Crippen molar-refractivity contribution >= 4 is 0 Å². The molecule has 2 bridgehead atoms. The van der Waals surface area contributed by atoms with Crippen molar-refractivity contribution in [1.29, 1.82) is 0 Å². The molecule has 0 nitrogen and oxygen atoms in total. The van der Waals surface area contributed by atoms with E-state index in [1.165, 1.54) is 51.4 Å². The van der Waals surface area contributed by atoms with Crippen LogP contribution in [0.4, 0.5) is 0 Å². The number of allylic oxidation sites excluding steroid dienone is 4. The summed E-state index contributed by atoms with van der Waals surface area (Å²) in [6, 6.07) is 0. The lowest BCUT2D eigenvalue weighted by Gasteiger charge is -2.48. The molecule has 2 fully saturated rings. The van der Waals surface area contributed by atoms with E-state index in [9.17, 15) is 0 Å².